The van der Waals surface area contributed by atoms with Gasteiger partial charge in [-0.1, -0.05) is 6.92 Å². The maximum absolute atomic E-state index is 11.9. The Kier molecular flexibility index (Phi) is 5.40. The first kappa shape index (κ1) is 14.5. The van der Waals surface area contributed by atoms with Crippen molar-refractivity contribution in [2.75, 3.05) is 13.6 Å². The molecule has 4 nitrogen and oxygen atoms in total. The maximum Gasteiger partial charge on any atom is 0.237 e. The van der Waals surface area contributed by atoms with Gasteiger partial charge in [-0.2, -0.15) is 0 Å². The van der Waals surface area contributed by atoms with Crippen molar-refractivity contribution in [3.63, 3.8) is 0 Å². The fourth-order valence-corrected chi connectivity index (χ4v) is 1.75. The van der Waals surface area contributed by atoms with E-state index in [0.29, 0.717) is 12.5 Å². The van der Waals surface area contributed by atoms with Crippen LogP contribution in [0, 0.1) is 5.92 Å². The number of aliphatic hydroxyl groups excluding tert-OH is 1. The Hall–Kier alpha value is -0.610. The van der Waals surface area contributed by atoms with E-state index in [1.54, 1.807) is 0 Å². The van der Waals surface area contributed by atoms with E-state index in [9.17, 15) is 9.90 Å². The average Bonchev–Trinajstić information content (AvgIpc) is 3.11. The van der Waals surface area contributed by atoms with Gasteiger partial charge in [-0.15, -0.1) is 0 Å². The van der Waals surface area contributed by atoms with Crippen molar-refractivity contribution in [1.29, 1.82) is 0 Å². The van der Waals surface area contributed by atoms with E-state index in [-0.39, 0.29) is 24.1 Å². The summed E-state index contributed by atoms with van der Waals surface area (Å²) in [6.45, 7) is 6.52. The van der Waals surface area contributed by atoms with Crippen molar-refractivity contribution >= 4 is 5.91 Å². The van der Waals surface area contributed by atoms with Crippen LogP contribution in [-0.2, 0) is 4.79 Å². The van der Waals surface area contributed by atoms with E-state index in [1.807, 2.05) is 25.8 Å². The van der Waals surface area contributed by atoms with Crippen LogP contribution in [0.4, 0.5) is 0 Å². The number of carbonyl (C=O) groups excluding carboxylic acids is 1. The smallest absolute Gasteiger partial charge is 0.237 e. The highest BCUT2D eigenvalue weighted by atomic mass is 16.3. The van der Waals surface area contributed by atoms with Gasteiger partial charge in [-0.05, 0) is 46.1 Å². The molecular formula is C13H26N2O2. The zero-order chi connectivity index (χ0) is 13.0. The Bertz CT molecular complexity index is 254. The number of nitrogens with zero attached hydrogens (tertiary/aromatic N) is 1. The predicted octanol–water partition coefficient (Wildman–Crippen LogP) is 0.992. The third-order valence-electron chi connectivity index (χ3n) is 3.68. The summed E-state index contributed by atoms with van der Waals surface area (Å²) < 4.78 is 0. The van der Waals surface area contributed by atoms with E-state index in [4.69, 9.17) is 0 Å². The normalized spacial score (nSPS) is 21.1. The lowest BCUT2D eigenvalue weighted by Gasteiger charge is -2.27. The van der Waals surface area contributed by atoms with Crippen molar-refractivity contribution in [2.24, 2.45) is 5.92 Å². The van der Waals surface area contributed by atoms with E-state index in [2.05, 4.69) is 12.2 Å². The summed E-state index contributed by atoms with van der Waals surface area (Å²) in [5.74, 6) is 0.507. The van der Waals surface area contributed by atoms with Crippen LogP contribution in [0.3, 0.4) is 0 Å². The molecule has 0 spiro atoms. The molecule has 1 fully saturated rings. The molecule has 0 radical (unpaired) electrons. The molecule has 3 unspecified atom stereocenters. The fraction of sp³-hybridized carbons (Fsp3) is 0.923. The van der Waals surface area contributed by atoms with Gasteiger partial charge in [-0.25, -0.2) is 0 Å². The van der Waals surface area contributed by atoms with Crippen molar-refractivity contribution in [1.82, 2.24) is 10.2 Å². The van der Waals surface area contributed by atoms with Crippen LogP contribution in [0.5, 0.6) is 0 Å². The van der Waals surface area contributed by atoms with Gasteiger partial charge in [0.25, 0.3) is 0 Å². The number of hydrogen-bond acceptors (Lipinski definition) is 3. The van der Waals surface area contributed by atoms with Gasteiger partial charge >= 0.3 is 0 Å². The number of hydrogen-bond donors (Lipinski definition) is 2. The monoisotopic (exact) mass is 242 g/mol. The fourth-order valence-electron chi connectivity index (χ4n) is 1.75. The van der Waals surface area contributed by atoms with E-state index in [1.165, 1.54) is 0 Å². The highest BCUT2D eigenvalue weighted by molar-refractivity contribution is 5.81. The Morgan fingerprint density at radius 3 is 2.53 bits per heavy atom. The van der Waals surface area contributed by atoms with Crippen LogP contribution in [0.1, 0.15) is 40.0 Å². The standard InChI is InChI=1S/C13H26N2O2/c1-5-9(2)14-13(17)10(3)15(4)8-12(16)11-6-7-11/h9-12,16H,5-8H2,1-4H3,(H,14,17). The number of nitrogens with one attached hydrogen (secondary N) is 1. The number of amides is 1. The van der Waals surface area contributed by atoms with Crippen LogP contribution in [0.15, 0.2) is 0 Å². The van der Waals surface area contributed by atoms with Gasteiger partial charge in [0.2, 0.25) is 5.91 Å². The van der Waals surface area contributed by atoms with E-state index >= 15 is 0 Å². The van der Waals surface area contributed by atoms with Gasteiger partial charge in [0.05, 0.1) is 12.1 Å². The first-order valence-corrected chi connectivity index (χ1v) is 6.64. The number of rotatable bonds is 7. The topological polar surface area (TPSA) is 52.6 Å². The highest BCUT2D eigenvalue weighted by Crippen LogP contribution is 2.32. The van der Waals surface area contributed by atoms with Crippen molar-refractivity contribution in [3.8, 4) is 0 Å². The molecule has 0 saturated heterocycles. The van der Waals surface area contributed by atoms with Crippen molar-refractivity contribution in [2.45, 2.75) is 58.2 Å². The first-order chi connectivity index (χ1) is 7.95. The molecule has 1 aliphatic carbocycles. The average molecular weight is 242 g/mol. The molecule has 0 aromatic heterocycles. The van der Waals surface area contributed by atoms with Crippen LogP contribution < -0.4 is 5.32 Å². The minimum absolute atomic E-state index is 0.0462. The summed E-state index contributed by atoms with van der Waals surface area (Å²) in [6.07, 6.45) is 2.91. The molecule has 1 aliphatic rings. The minimum Gasteiger partial charge on any atom is -0.392 e. The quantitative estimate of drug-likeness (QED) is 0.700. The molecule has 2 N–H and O–H groups in total. The highest BCUT2D eigenvalue weighted by Gasteiger charge is 2.31. The molecule has 0 bridgehead atoms. The Labute approximate surface area is 104 Å². The number of likely N-dealkylation sites (N-methyl/N-ethyl adjacent to an activating group) is 1. The Morgan fingerprint density at radius 2 is 2.06 bits per heavy atom. The molecule has 0 aliphatic heterocycles. The maximum atomic E-state index is 11.9. The van der Waals surface area contributed by atoms with E-state index in [0.717, 1.165) is 19.3 Å². The molecule has 1 saturated carbocycles. The number of carbonyl (C=O) groups is 1. The first-order valence-electron chi connectivity index (χ1n) is 6.64. The van der Waals surface area contributed by atoms with Crippen molar-refractivity contribution < 1.29 is 9.90 Å². The molecule has 0 aromatic carbocycles. The largest absolute Gasteiger partial charge is 0.392 e. The van der Waals surface area contributed by atoms with Crippen LogP contribution in [-0.4, -0.2) is 47.7 Å². The van der Waals surface area contributed by atoms with Gasteiger partial charge in [0.15, 0.2) is 0 Å². The summed E-state index contributed by atoms with van der Waals surface area (Å²) in [5, 5.41) is 12.8. The molecule has 3 atom stereocenters. The molecule has 17 heavy (non-hydrogen) atoms. The summed E-state index contributed by atoms with van der Waals surface area (Å²) >= 11 is 0. The van der Waals surface area contributed by atoms with Gasteiger partial charge in [0, 0.05) is 12.6 Å². The minimum atomic E-state index is -0.279. The Morgan fingerprint density at radius 1 is 1.47 bits per heavy atom. The lowest BCUT2D eigenvalue weighted by molar-refractivity contribution is -0.126. The zero-order valence-electron chi connectivity index (χ0n) is 11.4. The molecule has 100 valence electrons. The number of aliphatic hydroxyl groups is 1. The Balaban J connectivity index is 2.33. The van der Waals surface area contributed by atoms with Gasteiger partial charge < -0.3 is 10.4 Å². The summed E-state index contributed by atoms with van der Waals surface area (Å²) in [4.78, 5) is 13.8. The van der Waals surface area contributed by atoms with Gasteiger partial charge in [-0.3, -0.25) is 9.69 Å². The van der Waals surface area contributed by atoms with Crippen LogP contribution in [0.2, 0.25) is 0 Å². The second-order valence-electron chi connectivity index (χ2n) is 5.34. The summed E-state index contributed by atoms with van der Waals surface area (Å²) in [6, 6.07) is 0.0316. The van der Waals surface area contributed by atoms with E-state index < -0.39 is 0 Å². The molecule has 1 amide bonds. The second-order valence-corrected chi connectivity index (χ2v) is 5.34. The SMILES string of the molecule is CCC(C)NC(=O)C(C)N(C)CC(O)C1CC1. The van der Waals surface area contributed by atoms with Crippen LogP contribution >= 0.6 is 0 Å². The van der Waals surface area contributed by atoms with Gasteiger partial charge in [0.1, 0.15) is 0 Å². The summed E-state index contributed by atoms with van der Waals surface area (Å²) in [7, 11) is 1.90. The summed E-state index contributed by atoms with van der Waals surface area (Å²) in [5.41, 5.74) is 0. The molecule has 0 heterocycles. The lowest BCUT2D eigenvalue weighted by atomic mass is 10.2. The van der Waals surface area contributed by atoms with Crippen molar-refractivity contribution in [3.05, 3.63) is 0 Å². The third kappa shape index (κ3) is 4.64. The second kappa shape index (κ2) is 6.36. The molecular weight excluding hydrogens is 216 g/mol. The van der Waals surface area contributed by atoms with Crippen LogP contribution in [0.25, 0.3) is 0 Å². The molecule has 0 aromatic rings. The lowest BCUT2D eigenvalue weighted by Crippen LogP contribution is -2.48. The molecule has 4 heteroatoms. The zero-order valence-corrected chi connectivity index (χ0v) is 11.4. The predicted molar refractivity (Wildman–Crippen MR) is 68.7 cm³/mol. The molecule has 1 rings (SSSR count). The third-order valence-corrected chi connectivity index (χ3v) is 3.68.